The van der Waals surface area contributed by atoms with Crippen LogP contribution < -0.4 is 0 Å². The van der Waals surface area contributed by atoms with Crippen molar-refractivity contribution >= 4 is 0 Å². The number of phenols is 1. The number of hydrogen-bond donors (Lipinski definition) is 1. The van der Waals surface area contributed by atoms with Crippen molar-refractivity contribution in [3.05, 3.63) is 42.0 Å². The summed E-state index contributed by atoms with van der Waals surface area (Å²) in [5.41, 5.74) is 2.12. The first-order valence-electron chi connectivity index (χ1n) is 5.27. The molecule has 2 nitrogen and oxygen atoms in total. The number of aromatic hydroxyl groups is 1. The smallest absolute Gasteiger partial charge is 0.120 e. The van der Waals surface area contributed by atoms with Crippen LogP contribution in [0.15, 0.2) is 36.4 Å². The van der Waals surface area contributed by atoms with Crippen molar-refractivity contribution in [3.63, 3.8) is 0 Å². The minimum Gasteiger partial charge on any atom is -0.508 e. The van der Waals surface area contributed by atoms with Gasteiger partial charge in [0.05, 0.1) is 0 Å². The van der Waals surface area contributed by atoms with Crippen LogP contribution >= 0.6 is 0 Å². The second-order valence-corrected chi connectivity index (χ2v) is 3.89. The molecule has 0 aliphatic heterocycles. The lowest BCUT2D eigenvalue weighted by atomic mass is 10.2. The lowest BCUT2D eigenvalue weighted by molar-refractivity contribution is 0.299. The molecule has 0 aromatic heterocycles. The van der Waals surface area contributed by atoms with Crippen LogP contribution in [0, 0.1) is 0 Å². The molecular formula is C13H19NO. The molecule has 1 aromatic rings. The van der Waals surface area contributed by atoms with E-state index in [0.29, 0.717) is 5.75 Å². The van der Waals surface area contributed by atoms with Crippen LogP contribution in [0.4, 0.5) is 0 Å². The van der Waals surface area contributed by atoms with E-state index < -0.39 is 0 Å². The molecule has 15 heavy (non-hydrogen) atoms. The van der Waals surface area contributed by atoms with Crippen molar-refractivity contribution in [3.8, 4) is 5.75 Å². The lowest BCUT2D eigenvalue weighted by Crippen LogP contribution is -2.24. The summed E-state index contributed by atoms with van der Waals surface area (Å²) in [6.07, 6.45) is 0. The van der Waals surface area contributed by atoms with Crippen molar-refractivity contribution in [2.75, 3.05) is 13.1 Å². The predicted octanol–water partition coefficient (Wildman–Crippen LogP) is 2.79. The van der Waals surface area contributed by atoms with Crippen molar-refractivity contribution in [2.45, 2.75) is 20.4 Å². The van der Waals surface area contributed by atoms with Crippen LogP contribution in [0.2, 0.25) is 0 Å². The topological polar surface area (TPSA) is 23.5 Å². The molecule has 0 spiro atoms. The van der Waals surface area contributed by atoms with Crippen molar-refractivity contribution in [1.82, 2.24) is 4.90 Å². The molecule has 0 bridgehead atoms. The Morgan fingerprint density at radius 3 is 2.60 bits per heavy atom. The number of hydrogen-bond acceptors (Lipinski definition) is 2. The second kappa shape index (κ2) is 5.56. The molecule has 0 saturated carbocycles. The fourth-order valence-electron chi connectivity index (χ4n) is 1.55. The largest absolute Gasteiger partial charge is 0.508 e. The van der Waals surface area contributed by atoms with E-state index in [4.69, 9.17) is 0 Å². The highest BCUT2D eigenvalue weighted by atomic mass is 16.3. The number of para-hydroxylation sites is 1. The van der Waals surface area contributed by atoms with Crippen LogP contribution in [0.25, 0.3) is 0 Å². The Bertz CT molecular complexity index is 333. The van der Waals surface area contributed by atoms with E-state index in [0.717, 1.165) is 30.8 Å². The van der Waals surface area contributed by atoms with Gasteiger partial charge < -0.3 is 5.11 Å². The minimum atomic E-state index is 0.373. The first kappa shape index (κ1) is 11.8. The third-order valence-corrected chi connectivity index (χ3v) is 2.33. The molecular weight excluding hydrogens is 186 g/mol. The van der Waals surface area contributed by atoms with E-state index in [1.165, 1.54) is 0 Å². The first-order chi connectivity index (χ1) is 7.13. The fraction of sp³-hybridized carbons (Fsp3) is 0.385. The second-order valence-electron chi connectivity index (χ2n) is 3.89. The van der Waals surface area contributed by atoms with Crippen LogP contribution in [-0.2, 0) is 6.54 Å². The van der Waals surface area contributed by atoms with Crippen LogP contribution in [0.5, 0.6) is 5.75 Å². The molecule has 0 saturated heterocycles. The maximum Gasteiger partial charge on any atom is 0.120 e. The molecule has 1 rings (SSSR count). The highest BCUT2D eigenvalue weighted by Gasteiger charge is 2.06. The zero-order valence-electron chi connectivity index (χ0n) is 9.53. The Hall–Kier alpha value is -1.28. The third kappa shape index (κ3) is 3.76. The monoisotopic (exact) mass is 205 g/mol. The Labute approximate surface area is 91.9 Å². The standard InChI is InChI=1S/C13H19NO/c1-4-14(9-11(2)3)10-12-7-5-6-8-13(12)15/h5-8,15H,2,4,9-10H2,1,3H3. The predicted molar refractivity (Wildman–Crippen MR) is 63.9 cm³/mol. The third-order valence-electron chi connectivity index (χ3n) is 2.33. The molecule has 0 aliphatic rings. The van der Waals surface area contributed by atoms with Gasteiger partial charge in [0, 0.05) is 18.7 Å². The summed E-state index contributed by atoms with van der Waals surface area (Å²) in [7, 11) is 0. The van der Waals surface area contributed by atoms with E-state index in [2.05, 4.69) is 18.4 Å². The van der Waals surface area contributed by atoms with Gasteiger partial charge in [0.1, 0.15) is 5.75 Å². The Kier molecular flexibility index (Phi) is 4.37. The Balaban J connectivity index is 2.66. The molecule has 1 N–H and O–H groups in total. The highest BCUT2D eigenvalue weighted by Crippen LogP contribution is 2.17. The summed E-state index contributed by atoms with van der Waals surface area (Å²) in [6, 6.07) is 7.47. The maximum absolute atomic E-state index is 9.64. The highest BCUT2D eigenvalue weighted by molar-refractivity contribution is 5.31. The van der Waals surface area contributed by atoms with Gasteiger partial charge in [0.2, 0.25) is 0 Å². The number of benzene rings is 1. The molecule has 0 aliphatic carbocycles. The van der Waals surface area contributed by atoms with Gasteiger partial charge in [-0.1, -0.05) is 37.3 Å². The lowest BCUT2D eigenvalue weighted by Gasteiger charge is -2.20. The first-order valence-corrected chi connectivity index (χ1v) is 5.27. The molecule has 0 amide bonds. The molecule has 1 aromatic carbocycles. The summed E-state index contributed by atoms with van der Waals surface area (Å²) in [4.78, 5) is 2.25. The van der Waals surface area contributed by atoms with Crippen LogP contribution in [0.3, 0.4) is 0 Å². The summed E-state index contributed by atoms with van der Waals surface area (Å²) in [5.74, 6) is 0.373. The summed E-state index contributed by atoms with van der Waals surface area (Å²) < 4.78 is 0. The Morgan fingerprint density at radius 1 is 1.40 bits per heavy atom. The average molecular weight is 205 g/mol. The molecule has 0 atom stereocenters. The number of phenolic OH excluding ortho intramolecular Hbond substituents is 1. The van der Waals surface area contributed by atoms with Gasteiger partial charge in [0.15, 0.2) is 0 Å². The van der Waals surface area contributed by atoms with Gasteiger partial charge in [-0.15, -0.1) is 0 Å². The number of rotatable bonds is 5. The number of nitrogens with zero attached hydrogens (tertiary/aromatic N) is 1. The summed E-state index contributed by atoms with van der Waals surface area (Å²) >= 11 is 0. The van der Waals surface area contributed by atoms with Crippen molar-refractivity contribution in [1.29, 1.82) is 0 Å². The zero-order chi connectivity index (χ0) is 11.3. The SMILES string of the molecule is C=C(C)CN(CC)Cc1ccccc1O. The van der Waals surface area contributed by atoms with Gasteiger partial charge in [-0.3, -0.25) is 4.90 Å². The molecule has 0 unspecified atom stereocenters. The van der Waals surface area contributed by atoms with Gasteiger partial charge >= 0.3 is 0 Å². The number of likely N-dealkylation sites (N-methyl/N-ethyl adjacent to an activating group) is 1. The molecule has 0 heterocycles. The van der Waals surface area contributed by atoms with Crippen molar-refractivity contribution < 1.29 is 5.11 Å². The van der Waals surface area contributed by atoms with Gasteiger partial charge in [-0.05, 0) is 19.5 Å². The zero-order valence-corrected chi connectivity index (χ0v) is 9.53. The normalized spacial score (nSPS) is 10.6. The summed E-state index contributed by atoms with van der Waals surface area (Å²) in [5, 5.41) is 9.64. The van der Waals surface area contributed by atoms with E-state index in [1.54, 1.807) is 6.07 Å². The molecule has 0 fully saturated rings. The van der Waals surface area contributed by atoms with Crippen LogP contribution in [-0.4, -0.2) is 23.1 Å². The average Bonchev–Trinajstić information content (AvgIpc) is 2.19. The van der Waals surface area contributed by atoms with Gasteiger partial charge in [0.25, 0.3) is 0 Å². The van der Waals surface area contributed by atoms with Gasteiger partial charge in [-0.25, -0.2) is 0 Å². The van der Waals surface area contributed by atoms with Gasteiger partial charge in [-0.2, -0.15) is 0 Å². The van der Waals surface area contributed by atoms with Crippen molar-refractivity contribution in [2.24, 2.45) is 0 Å². The van der Waals surface area contributed by atoms with Crippen LogP contribution in [0.1, 0.15) is 19.4 Å². The maximum atomic E-state index is 9.64. The fourth-order valence-corrected chi connectivity index (χ4v) is 1.55. The molecule has 82 valence electrons. The van der Waals surface area contributed by atoms with E-state index in [-0.39, 0.29) is 0 Å². The van der Waals surface area contributed by atoms with E-state index in [1.807, 2.05) is 25.1 Å². The Morgan fingerprint density at radius 2 is 2.07 bits per heavy atom. The molecule has 2 heteroatoms. The summed E-state index contributed by atoms with van der Waals surface area (Å²) in [6.45, 7) is 10.7. The van der Waals surface area contributed by atoms with E-state index in [9.17, 15) is 5.11 Å². The van der Waals surface area contributed by atoms with E-state index >= 15 is 0 Å². The quantitative estimate of drug-likeness (QED) is 0.747. The minimum absolute atomic E-state index is 0.373. The molecule has 0 radical (unpaired) electrons.